The second-order valence-electron chi connectivity index (χ2n) is 6.67. The number of hydrogen-bond donors (Lipinski definition) is 2. The second-order valence-corrected chi connectivity index (χ2v) is 8.47. The molecule has 0 saturated heterocycles. The topological polar surface area (TPSA) is 98.7 Å². The molecule has 0 unspecified atom stereocenters. The average molecular weight is 437 g/mol. The van der Waals surface area contributed by atoms with Gasteiger partial charge in [-0.05, 0) is 12.5 Å². The van der Waals surface area contributed by atoms with Gasteiger partial charge in [-0.2, -0.15) is 0 Å². The number of thioether (sulfide) groups is 1. The number of thiazole rings is 1. The Morgan fingerprint density at radius 3 is 2.67 bits per heavy atom. The number of carbonyl (C=O) groups is 1. The normalized spacial score (nSPS) is 10.8. The molecule has 2 heterocycles. The molecule has 30 heavy (non-hydrogen) atoms. The van der Waals surface area contributed by atoms with E-state index in [0.717, 1.165) is 16.8 Å². The maximum Gasteiger partial charge on any atom is 0.236 e. The number of rotatable bonds is 7. The molecule has 3 N–H and O–H groups in total. The lowest BCUT2D eigenvalue weighted by Gasteiger charge is -2.04. The van der Waals surface area contributed by atoms with Crippen molar-refractivity contribution in [1.29, 1.82) is 0 Å². The molecule has 7 nitrogen and oxygen atoms in total. The average Bonchev–Trinajstić information content (AvgIpc) is 3.35. The fraction of sp³-hybridized carbons (Fsp3) is 0.143. The number of nitrogens with zero attached hydrogens (tertiary/aromatic N) is 4. The van der Waals surface area contributed by atoms with Crippen LogP contribution in [0, 0.1) is 6.92 Å². The summed E-state index contributed by atoms with van der Waals surface area (Å²) >= 11 is 2.64. The van der Waals surface area contributed by atoms with E-state index < -0.39 is 0 Å². The minimum absolute atomic E-state index is 0.167. The molecule has 2 aromatic carbocycles. The van der Waals surface area contributed by atoms with Gasteiger partial charge in [0.15, 0.2) is 11.0 Å². The van der Waals surface area contributed by atoms with E-state index in [1.165, 1.54) is 33.3 Å². The van der Waals surface area contributed by atoms with Gasteiger partial charge in [0.05, 0.1) is 11.4 Å². The van der Waals surface area contributed by atoms with Gasteiger partial charge in [-0.25, -0.2) is 9.66 Å². The molecule has 4 aromatic rings. The molecule has 0 aliphatic heterocycles. The van der Waals surface area contributed by atoms with E-state index in [9.17, 15) is 4.79 Å². The van der Waals surface area contributed by atoms with Gasteiger partial charge >= 0.3 is 0 Å². The molecule has 9 heteroatoms. The van der Waals surface area contributed by atoms with Gasteiger partial charge in [0, 0.05) is 17.4 Å². The first kappa shape index (κ1) is 20.1. The molecule has 0 fully saturated rings. The maximum absolute atomic E-state index is 12.3. The molecule has 0 radical (unpaired) electrons. The van der Waals surface area contributed by atoms with Gasteiger partial charge in [0.25, 0.3) is 0 Å². The summed E-state index contributed by atoms with van der Waals surface area (Å²) in [5.74, 6) is 6.74. The van der Waals surface area contributed by atoms with Gasteiger partial charge in [-0.1, -0.05) is 71.9 Å². The Morgan fingerprint density at radius 1 is 1.13 bits per heavy atom. The summed E-state index contributed by atoms with van der Waals surface area (Å²) in [6.45, 7) is 2.04. The predicted octanol–water partition coefficient (Wildman–Crippen LogP) is 3.75. The van der Waals surface area contributed by atoms with E-state index in [1.54, 1.807) is 0 Å². The highest BCUT2D eigenvalue weighted by molar-refractivity contribution is 7.99. The van der Waals surface area contributed by atoms with Gasteiger partial charge < -0.3 is 11.2 Å². The lowest BCUT2D eigenvalue weighted by Crippen LogP contribution is -2.17. The van der Waals surface area contributed by atoms with Crippen molar-refractivity contribution in [2.24, 2.45) is 0 Å². The van der Waals surface area contributed by atoms with Crippen LogP contribution < -0.4 is 11.2 Å². The first-order valence-corrected chi connectivity index (χ1v) is 11.1. The number of carbonyl (C=O) groups excluding carboxylic acids is 1. The van der Waals surface area contributed by atoms with E-state index in [1.807, 2.05) is 66.9 Å². The highest BCUT2D eigenvalue weighted by Gasteiger charge is 2.14. The third-order valence-electron chi connectivity index (χ3n) is 4.37. The molecule has 2 aromatic heterocycles. The van der Waals surface area contributed by atoms with Crippen LogP contribution in [0.15, 0.2) is 65.1 Å². The van der Waals surface area contributed by atoms with Gasteiger partial charge in [-0.15, -0.1) is 21.5 Å². The zero-order valence-corrected chi connectivity index (χ0v) is 17.9. The van der Waals surface area contributed by atoms with Crippen LogP contribution in [0.25, 0.3) is 11.3 Å². The lowest BCUT2D eigenvalue weighted by molar-refractivity contribution is -0.113. The molecule has 0 bridgehead atoms. The summed E-state index contributed by atoms with van der Waals surface area (Å²) in [5, 5.41) is 14.1. The highest BCUT2D eigenvalue weighted by Crippen LogP contribution is 2.25. The number of aromatic nitrogens is 4. The van der Waals surface area contributed by atoms with Gasteiger partial charge in [0.2, 0.25) is 11.1 Å². The Labute approximate surface area is 182 Å². The summed E-state index contributed by atoms with van der Waals surface area (Å²) in [6.07, 6.45) is 0.581. The van der Waals surface area contributed by atoms with E-state index in [4.69, 9.17) is 5.84 Å². The van der Waals surface area contributed by atoms with Gasteiger partial charge in [-0.3, -0.25) is 4.79 Å². The van der Waals surface area contributed by atoms with Crippen molar-refractivity contribution in [2.45, 2.75) is 18.5 Å². The first-order chi connectivity index (χ1) is 14.6. The predicted molar refractivity (Wildman–Crippen MR) is 121 cm³/mol. The molecule has 152 valence electrons. The number of nitrogens with one attached hydrogen (secondary N) is 1. The first-order valence-electron chi connectivity index (χ1n) is 9.27. The van der Waals surface area contributed by atoms with Crippen LogP contribution in [-0.2, 0) is 11.2 Å². The quantitative estimate of drug-likeness (QED) is 0.338. The van der Waals surface area contributed by atoms with Crippen LogP contribution in [0.5, 0.6) is 0 Å². The van der Waals surface area contributed by atoms with Crippen molar-refractivity contribution in [3.63, 3.8) is 0 Å². The third kappa shape index (κ3) is 4.87. The van der Waals surface area contributed by atoms with Crippen molar-refractivity contribution in [2.75, 3.05) is 16.9 Å². The number of hydrogen-bond acceptors (Lipinski definition) is 7. The zero-order valence-electron chi connectivity index (χ0n) is 16.3. The summed E-state index contributed by atoms with van der Waals surface area (Å²) in [4.78, 5) is 16.8. The molecular weight excluding hydrogens is 416 g/mol. The second kappa shape index (κ2) is 9.10. The molecule has 4 rings (SSSR count). The van der Waals surface area contributed by atoms with Crippen LogP contribution in [0.4, 0.5) is 5.13 Å². The Hall–Kier alpha value is -3.17. The number of benzene rings is 2. The number of nitrogens with two attached hydrogens (primary N) is 1. The molecule has 0 atom stereocenters. The molecular formula is C21H20N6OS2. The summed E-state index contributed by atoms with van der Waals surface area (Å²) in [5.41, 5.74) is 4.15. The van der Waals surface area contributed by atoms with Gasteiger partial charge in [0.1, 0.15) is 0 Å². The summed E-state index contributed by atoms with van der Waals surface area (Å²) in [7, 11) is 0. The van der Waals surface area contributed by atoms with E-state index in [0.29, 0.717) is 22.5 Å². The highest BCUT2D eigenvalue weighted by atomic mass is 32.2. The van der Waals surface area contributed by atoms with E-state index in [2.05, 4.69) is 20.5 Å². The minimum Gasteiger partial charge on any atom is -0.336 e. The fourth-order valence-corrected chi connectivity index (χ4v) is 4.19. The zero-order chi connectivity index (χ0) is 20.9. The summed E-state index contributed by atoms with van der Waals surface area (Å²) < 4.78 is 1.43. The van der Waals surface area contributed by atoms with Crippen LogP contribution in [0.2, 0.25) is 0 Å². The Kier molecular flexibility index (Phi) is 6.10. The SMILES string of the molecule is Cc1ccc(-c2csc(NC(=O)CSc3nnc(Cc4ccccc4)n3N)n2)cc1. The Morgan fingerprint density at radius 2 is 1.90 bits per heavy atom. The Balaban J connectivity index is 1.33. The number of nitrogen functional groups attached to an aromatic ring is 1. The molecule has 1 amide bonds. The summed E-state index contributed by atoms with van der Waals surface area (Å²) in [6, 6.07) is 18.0. The molecule has 0 aliphatic carbocycles. The van der Waals surface area contributed by atoms with Crippen LogP contribution in [0.3, 0.4) is 0 Å². The van der Waals surface area contributed by atoms with Crippen LogP contribution in [-0.4, -0.2) is 31.5 Å². The number of aryl methyl sites for hydroxylation is 1. The Bertz CT molecular complexity index is 1140. The third-order valence-corrected chi connectivity index (χ3v) is 6.07. The molecule has 0 saturated carbocycles. The standard InChI is InChI=1S/C21H20N6OS2/c1-14-7-9-16(10-8-14)17-12-29-20(23-17)24-19(28)13-30-21-26-25-18(27(21)22)11-15-5-3-2-4-6-15/h2-10,12H,11,13,22H2,1H3,(H,23,24,28). The number of anilines is 1. The van der Waals surface area contributed by atoms with Crippen molar-refractivity contribution >= 4 is 34.1 Å². The minimum atomic E-state index is -0.169. The van der Waals surface area contributed by atoms with Crippen LogP contribution >= 0.6 is 23.1 Å². The molecule has 0 aliphatic rings. The van der Waals surface area contributed by atoms with Crippen molar-refractivity contribution in [3.8, 4) is 11.3 Å². The van der Waals surface area contributed by atoms with Crippen molar-refractivity contribution in [1.82, 2.24) is 19.9 Å². The largest absolute Gasteiger partial charge is 0.336 e. The fourth-order valence-electron chi connectivity index (χ4n) is 2.78. The maximum atomic E-state index is 12.3. The smallest absolute Gasteiger partial charge is 0.236 e. The molecule has 0 spiro atoms. The van der Waals surface area contributed by atoms with E-state index in [-0.39, 0.29) is 11.7 Å². The monoisotopic (exact) mass is 436 g/mol. The van der Waals surface area contributed by atoms with Crippen LogP contribution in [0.1, 0.15) is 17.0 Å². The van der Waals surface area contributed by atoms with E-state index >= 15 is 0 Å². The lowest BCUT2D eigenvalue weighted by atomic mass is 10.1. The van der Waals surface area contributed by atoms with Crippen molar-refractivity contribution < 1.29 is 4.79 Å². The van der Waals surface area contributed by atoms with Crippen molar-refractivity contribution in [3.05, 3.63) is 76.9 Å². The number of amides is 1.